The SMILES string of the molecule is [2H]c1nc(-n2c3[c-]c(Oc4[c-]c(N5[CH-]N(c6c(-c7ccccc7)cccc6-c6ccccc6)c6ccccc65)ccc4)ccc3c3ccccc32)c([2H])c(C([2H])([2H])[2H])c1CCC.[Pt]. The molecule has 0 bridgehead atoms. The summed E-state index contributed by atoms with van der Waals surface area (Å²) in [6, 6.07) is 59.6. The maximum absolute atomic E-state index is 9.23. The standard InChI is InChI=1S/C52H39N4O.Pt/c1-3-16-39-34-53-51(31-36(39)2)56-47-26-11-10-23-45(47)46-30-29-42(33-50(46)56)57-41-22-14-21-40(32-41)54-35-55(49-28-13-12-27-48(49)54)52-43(37-17-6-4-7-18-37)24-15-25-44(52)38-19-8-5-9-20-38;/h4-15,17-31,34-35H,3,16H2,1-2H3;/q-3;/i2D3,31D,34D;. The predicted octanol–water partition coefficient (Wildman–Crippen LogP) is 13.6. The summed E-state index contributed by atoms with van der Waals surface area (Å²) < 4.78 is 51.4. The van der Waals surface area contributed by atoms with Crippen LogP contribution in [0.4, 0.5) is 22.7 Å². The van der Waals surface area contributed by atoms with Crippen molar-refractivity contribution in [3.8, 4) is 39.6 Å². The molecular formula is C52H39N4OPt-3. The first-order valence-corrected chi connectivity index (χ1v) is 19.1. The Morgan fingerprint density at radius 1 is 0.672 bits per heavy atom. The van der Waals surface area contributed by atoms with Gasteiger partial charge in [-0.2, -0.15) is 12.1 Å². The summed E-state index contributed by atoms with van der Waals surface area (Å²) in [5.74, 6) is 0.912. The topological polar surface area (TPSA) is 33.5 Å². The van der Waals surface area contributed by atoms with Crippen LogP contribution in [0.5, 0.6) is 11.5 Å². The zero-order valence-corrected chi connectivity index (χ0v) is 33.8. The van der Waals surface area contributed by atoms with Crippen LogP contribution in [-0.4, -0.2) is 9.55 Å². The van der Waals surface area contributed by atoms with Gasteiger partial charge in [0.25, 0.3) is 0 Å². The van der Waals surface area contributed by atoms with Crippen LogP contribution >= 0.6 is 0 Å². The number of nitrogens with zero attached hydrogens (tertiary/aromatic N) is 4. The Morgan fingerprint density at radius 3 is 2.05 bits per heavy atom. The van der Waals surface area contributed by atoms with E-state index < -0.39 is 6.85 Å². The largest absolute Gasteiger partial charge is 0.509 e. The fraction of sp³-hybridized carbons (Fsp3) is 0.0769. The summed E-state index contributed by atoms with van der Waals surface area (Å²) in [4.78, 5) is 8.96. The van der Waals surface area contributed by atoms with Gasteiger partial charge in [0.05, 0.1) is 2.74 Å². The molecule has 58 heavy (non-hydrogen) atoms. The molecule has 0 N–H and O–H groups in total. The fourth-order valence-electron chi connectivity index (χ4n) is 7.82. The van der Waals surface area contributed by atoms with Gasteiger partial charge in [0.1, 0.15) is 5.82 Å². The monoisotopic (exact) mass is 935 g/mol. The second-order valence-corrected chi connectivity index (χ2v) is 14.0. The summed E-state index contributed by atoms with van der Waals surface area (Å²) in [5.41, 5.74) is 9.63. The molecule has 0 aliphatic carbocycles. The zero-order chi connectivity index (χ0) is 42.5. The van der Waals surface area contributed by atoms with Gasteiger partial charge in [0.2, 0.25) is 0 Å². The number of ether oxygens (including phenoxy) is 1. The van der Waals surface area contributed by atoms with Gasteiger partial charge < -0.3 is 19.1 Å². The minimum atomic E-state index is -2.60. The van der Waals surface area contributed by atoms with E-state index in [1.54, 1.807) is 4.57 Å². The number of aromatic nitrogens is 2. The molecule has 6 heteroatoms. The molecule has 1 aliphatic rings. The van der Waals surface area contributed by atoms with Crippen molar-refractivity contribution in [2.45, 2.75) is 26.6 Å². The van der Waals surface area contributed by atoms with E-state index in [-0.39, 0.29) is 50.2 Å². The first-order valence-electron chi connectivity index (χ1n) is 21.6. The number of rotatable bonds is 9. The summed E-state index contributed by atoms with van der Waals surface area (Å²) in [6.45, 7) is 1.42. The van der Waals surface area contributed by atoms with Gasteiger partial charge in [-0.15, -0.1) is 48.1 Å². The Morgan fingerprint density at radius 2 is 1.33 bits per heavy atom. The van der Waals surface area contributed by atoms with Gasteiger partial charge in [-0.3, -0.25) is 0 Å². The Labute approximate surface area is 361 Å². The summed E-state index contributed by atoms with van der Waals surface area (Å²) >= 11 is 0. The number of benzene rings is 7. The van der Waals surface area contributed by atoms with Crippen LogP contribution in [0.3, 0.4) is 0 Å². The van der Waals surface area contributed by atoms with Crippen LogP contribution in [0.25, 0.3) is 49.9 Å². The second kappa shape index (κ2) is 15.8. The fourth-order valence-corrected chi connectivity index (χ4v) is 7.82. The molecule has 0 saturated heterocycles. The van der Waals surface area contributed by atoms with Crippen LogP contribution in [0.15, 0.2) is 170 Å². The first kappa shape index (κ1) is 31.6. The molecule has 0 unspecified atom stereocenters. The summed E-state index contributed by atoms with van der Waals surface area (Å²) in [6.07, 6.45) is 0.815. The number of fused-ring (bicyclic) bond motifs is 4. The molecular weight excluding hydrogens is 892 g/mol. The van der Waals surface area contributed by atoms with Crippen LogP contribution in [-0.2, 0) is 27.5 Å². The minimum absolute atomic E-state index is 0. The predicted molar refractivity (Wildman–Crippen MR) is 234 cm³/mol. The van der Waals surface area contributed by atoms with E-state index in [1.165, 1.54) is 0 Å². The van der Waals surface area contributed by atoms with Gasteiger partial charge >= 0.3 is 0 Å². The smallest absolute Gasteiger partial charge is 0.135 e. The van der Waals surface area contributed by atoms with Crippen molar-refractivity contribution in [2.24, 2.45) is 0 Å². The van der Waals surface area contributed by atoms with E-state index >= 15 is 0 Å². The number of pyridine rings is 1. The summed E-state index contributed by atoms with van der Waals surface area (Å²) in [5, 5.41) is 1.69. The Kier molecular flexibility index (Phi) is 8.64. The van der Waals surface area contributed by atoms with Crippen LogP contribution in [0.1, 0.15) is 31.3 Å². The minimum Gasteiger partial charge on any atom is -0.509 e. The first-order chi connectivity index (χ1) is 30.2. The maximum atomic E-state index is 9.23. The molecule has 5 nitrogen and oxygen atoms in total. The molecule has 0 amide bonds. The van der Waals surface area contributed by atoms with Gasteiger partial charge in [-0.05, 0) is 65.2 Å². The van der Waals surface area contributed by atoms with Crippen molar-refractivity contribution in [1.82, 2.24) is 9.55 Å². The van der Waals surface area contributed by atoms with E-state index in [0.717, 1.165) is 55.8 Å². The van der Waals surface area contributed by atoms with Crippen molar-refractivity contribution in [1.29, 1.82) is 0 Å². The second-order valence-electron chi connectivity index (χ2n) is 14.0. The van der Waals surface area contributed by atoms with Gasteiger partial charge in [-0.1, -0.05) is 128 Å². The molecule has 7 aromatic carbocycles. The Bertz CT molecular complexity index is 3080. The molecule has 286 valence electrons. The molecule has 0 fully saturated rings. The molecule has 2 aromatic heterocycles. The van der Waals surface area contributed by atoms with E-state index in [0.29, 0.717) is 35.4 Å². The molecule has 0 spiro atoms. The molecule has 1 aliphatic heterocycles. The van der Waals surface area contributed by atoms with Crippen LogP contribution in [0.2, 0.25) is 0 Å². The zero-order valence-electron chi connectivity index (χ0n) is 36.5. The van der Waals surface area contributed by atoms with Crippen molar-refractivity contribution in [3.05, 3.63) is 200 Å². The van der Waals surface area contributed by atoms with E-state index in [1.807, 2.05) is 79.7 Å². The van der Waals surface area contributed by atoms with Crippen molar-refractivity contribution < 1.29 is 32.7 Å². The van der Waals surface area contributed by atoms with Gasteiger partial charge in [-0.25, -0.2) is 4.98 Å². The summed E-state index contributed by atoms with van der Waals surface area (Å²) in [7, 11) is 0. The molecule has 0 radical (unpaired) electrons. The quantitative estimate of drug-likeness (QED) is 0.135. The van der Waals surface area contributed by atoms with E-state index in [4.69, 9.17) is 10.2 Å². The third-order valence-corrected chi connectivity index (χ3v) is 10.4. The number of hydrogen-bond acceptors (Lipinski definition) is 4. The normalized spacial score (nSPS) is 13.6. The molecule has 0 atom stereocenters. The Hall–Kier alpha value is -6.42. The van der Waals surface area contributed by atoms with Crippen LogP contribution < -0.4 is 14.5 Å². The number of anilines is 4. The van der Waals surface area contributed by atoms with E-state index in [2.05, 4.69) is 119 Å². The molecule has 0 saturated carbocycles. The van der Waals surface area contributed by atoms with Crippen molar-refractivity contribution >= 4 is 44.6 Å². The molecule has 10 rings (SSSR count). The molecule has 3 heterocycles. The van der Waals surface area contributed by atoms with Gasteiger partial charge in [0, 0.05) is 76.6 Å². The average Bonchev–Trinajstić information content (AvgIpc) is 3.83. The average molecular weight is 936 g/mol. The van der Waals surface area contributed by atoms with E-state index in [9.17, 15) is 1.37 Å². The van der Waals surface area contributed by atoms with Crippen molar-refractivity contribution in [3.63, 3.8) is 0 Å². The molecule has 9 aromatic rings. The van der Waals surface area contributed by atoms with Crippen molar-refractivity contribution in [2.75, 3.05) is 9.80 Å². The number of hydrogen-bond donors (Lipinski definition) is 0. The third kappa shape index (κ3) is 6.66. The van der Waals surface area contributed by atoms with Gasteiger partial charge in [0.15, 0.2) is 0 Å². The van der Waals surface area contributed by atoms with Crippen LogP contribution in [0, 0.1) is 25.7 Å². The maximum Gasteiger partial charge on any atom is 0.135 e. The third-order valence-electron chi connectivity index (χ3n) is 10.4. The number of para-hydroxylation sites is 4. The Balaban J connectivity index is 0.00000504.